The zero-order valence-electron chi connectivity index (χ0n) is 16.8. The van der Waals surface area contributed by atoms with Gasteiger partial charge in [-0.05, 0) is 55.3 Å². The molecule has 0 radical (unpaired) electrons. The molecule has 0 atom stereocenters. The van der Waals surface area contributed by atoms with Crippen molar-refractivity contribution in [3.05, 3.63) is 65.2 Å². The molecular weight excluding hydrogens is 431 g/mol. The van der Waals surface area contributed by atoms with Gasteiger partial charge >= 0.3 is 6.18 Å². The second kappa shape index (κ2) is 9.80. The molecular formula is C21H24F3N3O3S. The first-order valence-electron chi connectivity index (χ1n) is 9.87. The normalized spacial score (nSPS) is 15.2. The van der Waals surface area contributed by atoms with Crippen LogP contribution in [0.15, 0.2) is 53.4 Å². The number of likely N-dealkylation sites (tertiary alicyclic amines) is 1. The van der Waals surface area contributed by atoms with E-state index in [1.165, 1.54) is 35.3 Å². The molecule has 0 unspecified atom stereocenters. The lowest BCUT2D eigenvalue weighted by molar-refractivity contribution is -0.121. The van der Waals surface area contributed by atoms with Crippen LogP contribution in [-0.4, -0.2) is 45.0 Å². The molecule has 3 rings (SSSR count). The zero-order valence-corrected chi connectivity index (χ0v) is 17.6. The van der Waals surface area contributed by atoms with Gasteiger partial charge in [0.05, 0.1) is 4.90 Å². The van der Waals surface area contributed by atoms with Crippen LogP contribution in [0, 0.1) is 0 Å². The molecule has 1 fully saturated rings. The highest BCUT2D eigenvalue weighted by atomic mass is 32.2. The number of alkyl halides is 3. The molecule has 0 aromatic heterocycles. The molecule has 2 aromatic rings. The molecule has 1 amide bonds. The van der Waals surface area contributed by atoms with Crippen molar-refractivity contribution in [2.45, 2.75) is 37.0 Å². The topological polar surface area (TPSA) is 78.5 Å². The number of halogens is 3. The number of carbonyl (C=O) groups is 1. The Bertz CT molecular complexity index is 1000. The second-order valence-corrected chi connectivity index (χ2v) is 9.22. The Balaban J connectivity index is 1.57. The summed E-state index contributed by atoms with van der Waals surface area (Å²) in [5.41, 5.74) is 2.12. The van der Waals surface area contributed by atoms with Gasteiger partial charge in [-0.15, -0.1) is 0 Å². The number of nitrogens with one attached hydrogen (secondary N) is 2. The van der Waals surface area contributed by atoms with E-state index in [-0.39, 0.29) is 12.1 Å². The molecule has 31 heavy (non-hydrogen) atoms. The van der Waals surface area contributed by atoms with Gasteiger partial charge in [0.15, 0.2) is 0 Å². The fraction of sp³-hybridized carbons (Fsp3) is 0.381. The number of rotatable bonds is 8. The van der Waals surface area contributed by atoms with E-state index in [4.69, 9.17) is 0 Å². The summed E-state index contributed by atoms with van der Waals surface area (Å²) in [6, 6.07) is 12.8. The monoisotopic (exact) mass is 455 g/mol. The van der Waals surface area contributed by atoms with Crippen LogP contribution in [0.3, 0.4) is 0 Å². The standard InChI is InChI=1S/C21H24F3N3O3S/c22-21(23,24)15-26-31(29,30)19-5-3-4-18(12-19)20(28)25-13-16-6-8-17(9-7-16)14-27-10-1-2-11-27/h3-9,12,26H,1-2,10-11,13-15H2,(H,25,28). The van der Waals surface area contributed by atoms with Gasteiger partial charge in [0.2, 0.25) is 10.0 Å². The number of sulfonamides is 1. The molecule has 2 aromatic carbocycles. The molecule has 0 aliphatic carbocycles. The van der Waals surface area contributed by atoms with Gasteiger partial charge in [-0.3, -0.25) is 9.69 Å². The third kappa shape index (κ3) is 7.05. The Labute approximate surface area is 179 Å². The van der Waals surface area contributed by atoms with E-state index in [1.807, 2.05) is 24.3 Å². The molecule has 6 nitrogen and oxygen atoms in total. The van der Waals surface area contributed by atoms with Crippen LogP contribution in [0.5, 0.6) is 0 Å². The van der Waals surface area contributed by atoms with Crippen LogP contribution in [0.4, 0.5) is 13.2 Å². The summed E-state index contributed by atoms with van der Waals surface area (Å²) in [5, 5.41) is 2.70. The summed E-state index contributed by atoms with van der Waals surface area (Å²) >= 11 is 0. The van der Waals surface area contributed by atoms with E-state index in [2.05, 4.69) is 10.2 Å². The molecule has 1 aliphatic heterocycles. The second-order valence-electron chi connectivity index (χ2n) is 7.45. The first-order valence-corrected chi connectivity index (χ1v) is 11.4. The average Bonchev–Trinajstić information content (AvgIpc) is 3.24. The molecule has 1 heterocycles. The van der Waals surface area contributed by atoms with Crippen LogP contribution in [0.1, 0.15) is 34.3 Å². The lowest BCUT2D eigenvalue weighted by Gasteiger charge is -2.14. The maximum atomic E-state index is 12.4. The van der Waals surface area contributed by atoms with E-state index < -0.39 is 33.5 Å². The van der Waals surface area contributed by atoms with Gasteiger partial charge in [-0.2, -0.15) is 13.2 Å². The predicted octanol–water partition coefficient (Wildman–Crippen LogP) is 3.05. The minimum atomic E-state index is -4.67. The summed E-state index contributed by atoms with van der Waals surface area (Å²) < 4.78 is 62.5. The fourth-order valence-electron chi connectivity index (χ4n) is 3.31. The van der Waals surface area contributed by atoms with Crippen molar-refractivity contribution < 1.29 is 26.4 Å². The lowest BCUT2D eigenvalue weighted by atomic mass is 10.1. The highest BCUT2D eigenvalue weighted by Gasteiger charge is 2.30. The summed E-state index contributed by atoms with van der Waals surface area (Å²) in [7, 11) is -4.39. The van der Waals surface area contributed by atoms with E-state index in [0.29, 0.717) is 0 Å². The molecule has 1 aliphatic rings. The Hall–Kier alpha value is -2.43. The summed E-state index contributed by atoms with van der Waals surface area (Å²) in [4.78, 5) is 14.4. The number of amides is 1. The molecule has 0 spiro atoms. The Kier molecular flexibility index (Phi) is 7.34. The minimum Gasteiger partial charge on any atom is -0.348 e. The molecule has 0 saturated carbocycles. The van der Waals surface area contributed by atoms with Crippen molar-refractivity contribution >= 4 is 15.9 Å². The predicted molar refractivity (Wildman–Crippen MR) is 110 cm³/mol. The van der Waals surface area contributed by atoms with Crippen LogP contribution in [-0.2, 0) is 23.1 Å². The Morgan fingerprint density at radius 1 is 1.00 bits per heavy atom. The van der Waals surface area contributed by atoms with E-state index >= 15 is 0 Å². The molecule has 2 N–H and O–H groups in total. The molecule has 10 heteroatoms. The number of benzene rings is 2. The van der Waals surface area contributed by atoms with Gasteiger partial charge in [0, 0.05) is 18.7 Å². The Morgan fingerprint density at radius 3 is 2.29 bits per heavy atom. The Morgan fingerprint density at radius 2 is 1.65 bits per heavy atom. The van der Waals surface area contributed by atoms with Gasteiger partial charge in [-0.1, -0.05) is 30.3 Å². The van der Waals surface area contributed by atoms with Crippen molar-refractivity contribution in [2.75, 3.05) is 19.6 Å². The quantitative estimate of drug-likeness (QED) is 0.642. The number of carbonyl (C=O) groups excluding carboxylic acids is 1. The van der Waals surface area contributed by atoms with Crippen molar-refractivity contribution in [3.63, 3.8) is 0 Å². The van der Waals surface area contributed by atoms with Crippen LogP contribution >= 0.6 is 0 Å². The van der Waals surface area contributed by atoms with Crippen molar-refractivity contribution in [3.8, 4) is 0 Å². The van der Waals surface area contributed by atoms with Crippen LogP contribution in [0.25, 0.3) is 0 Å². The SMILES string of the molecule is O=C(NCc1ccc(CN2CCCC2)cc1)c1cccc(S(=O)(=O)NCC(F)(F)F)c1. The fourth-order valence-corrected chi connectivity index (χ4v) is 4.37. The minimum absolute atomic E-state index is 0.0422. The first kappa shape index (κ1) is 23.2. The highest BCUT2D eigenvalue weighted by Crippen LogP contribution is 2.17. The summed E-state index contributed by atoms with van der Waals surface area (Å²) in [5.74, 6) is -0.519. The molecule has 168 valence electrons. The number of nitrogens with zero attached hydrogens (tertiary/aromatic N) is 1. The number of hydrogen-bond donors (Lipinski definition) is 2. The molecule has 1 saturated heterocycles. The third-order valence-corrected chi connectivity index (χ3v) is 6.35. The zero-order chi connectivity index (χ0) is 22.5. The maximum Gasteiger partial charge on any atom is 0.402 e. The van der Waals surface area contributed by atoms with Crippen LogP contribution < -0.4 is 10.0 Å². The van der Waals surface area contributed by atoms with Gasteiger partial charge in [0.1, 0.15) is 6.54 Å². The van der Waals surface area contributed by atoms with Gasteiger partial charge in [-0.25, -0.2) is 13.1 Å². The van der Waals surface area contributed by atoms with E-state index in [9.17, 15) is 26.4 Å². The van der Waals surface area contributed by atoms with E-state index in [1.54, 1.807) is 0 Å². The average molecular weight is 456 g/mol. The van der Waals surface area contributed by atoms with Gasteiger partial charge < -0.3 is 5.32 Å². The largest absolute Gasteiger partial charge is 0.402 e. The summed E-state index contributed by atoms with van der Waals surface area (Å²) in [6.45, 7) is 1.68. The molecule has 0 bridgehead atoms. The summed E-state index contributed by atoms with van der Waals surface area (Å²) in [6.07, 6.45) is -2.22. The smallest absolute Gasteiger partial charge is 0.348 e. The third-order valence-electron chi connectivity index (χ3n) is 4.95. The first-order chi connectivity index (χ1) is 14.6. The van der Waals surface area contributed by atoms with Gasteiger partial charge in [0.25, 0.3) is 5.91 Å². The van der Waals surface area contributed by atoms with Crippen molar-refractivity contribution in [1.82, 2.24) is 14.9 Å². The van der Waals surface area contributed by atoms with E-state index in [0.717, 1.165) is 37.3 Å². The lowest BCUT2D eigenvalue weighted by Crippen LogP contribution is -2.34. The van der Waals surface area contributed by atoms with Crippen LogP contribution in [0.2, 0.25) is 0 Å². The van der Waals surface area contributed by atoms with Crippen molar-refractivity contribution in [2.24, 2.45) is 0 Å². The number of hydrogen-bond acceptors (Lipinski definition) is 4. The highest BCUT2D eigenvalue weighted by molar-refractivity contribution is 7.89. The maximum absolute atomic E-state index is 12.4. The van der Waals surface area contributed by atoms with Crippen molar-refractivity contribution in [1.29, 1.82) is 0 Å².